The van der Waals surface area contributed by atoms with Crippen molar-refractivity contribution in [3.8, 4) is 0 Å². The van der Waals surface area contributed by atoms with Gasteiger partial charge in [0, 0.05) is 36.8 Å². The largest absolute Gasteiger partial charge is 0.348 e. The van der Waals surface area contributed by atoms with E-state index in [0.29, 0.717) is 24.4 Å². The van der Waals surface area contributed by atoms with E-state index < -0.39 is 0 Å². The van der Waals surface area contributed by atoms with Crippen LogP contribution < -0.4 is 16.0 Å². The third-order valence-corrected chi connectivity index (χ3v) is 5.28. The van der Waals surface area contributed by atoms with Crippen LogP contribution in [0.25, 0.3) is 0 Å². The molecule has 1 heterocycles. The molecule has 6 heteroatoms. The van der Waals surface area contributed by atoms with Crippen LogP contribution >= 0.6 is 12.4 Å². The zero-order chi connectivity index (χ0) is 16.9. The highest BCUT2D eigenvalue weighted by molar-refractivity contribution is 5.99. The number of nitrogens with two attached hydrogens (primary N) is 1. The quantitative estimate of drug-likeness (QED) is 0.842. The van der Waals surface area contributed by atoms with Gasteiger partial charge in [0.15, 0.2) is 0 Å². The molecule has 1 aromatic rings. The Morgan fingerprint density at radius 1 is 1.24 bits per heavy atom. The van der Waals surface area contributed by atoms with Crippen molar-refractivity contribution in [2.24, 2.45) is 11.7 Å². The van der Waals surface area contributed by atoms with E-state index in [4.69, 9.17) is 5.73 Å². The van der Waals surface area contributed by atoms with Crippen molar-refractivity contribution in [2.75, 3.05) is 18.0 Å². The average molecular weight is 366 g/mol. The molecule has 1 atom stereocenters. The van der Waals surface area contributed by atoms with Crippen LogP contribution in [0.3, 0.4) is 0 Å². The van der Waals surface area contributed by atoms with Gasteiger partial charge < -0.3 is 16.0 Å². The first kappa shape index (κ1) is 19.7. The zero-order valence-electron chi connectivity index (χ0n) is 14.6. The molecule has 2 fully saturated rings. The summed E-state index contributed by atoms with van der Waals surface area (Å²) in [4.78, 5) is 26.3. The zero-order valence-corrected chi connectivity index (χ0v) is 15.4. The van der Waals surface area contributed by atoms with E-state index in [1.54, 1.807) is 11.0 Å². The molecule has 1 saturated heterocycles. The molecular formula is C19H28ClN3O2. The lowest BCUT2D eigenvalue weighted by Gasteiger charge is -2.30. The summed E-state index contributed by atoms with van der Waals surface area (Å²) in [7, 11) is 0. The number of benzene rings is 1. The first-order valence-electron chi connectivity index (χ1n) is 9.10. The van der Waals surface area contributed by atoms with E-state index in [-0.39, 0.29) is 30.3 Å². The Morgan fingerprint density at radius 2 is 2.00 bits per heavy atom. The third-order valence-electron chi connectivity index (χ3n) is 5.28. The van der Waals surface area contributed by atoms with Gasteiger partial charge in [0.2, 0.25) is 5.91 Å². The van der Waals surface area contributed by atoms with Crippen LogP contribution in [0, 0.1) is 5.92 Å². The Balaban J connectivity index is 0.00000225. The highest BCUT2D eigenvalue weighted by atomic mass is 35.5. The lowest BCUT2D eigenvalue weighted by molar-refractivity contribution is -0.117. The van der Waals surface area contributed by atoms with Crippen molar-refractivity contribution in [3.05, 3.63) is 29.8 Å². The highest BCUT2D eigenvalue weighted by Gasteiger charge is 2.25. The number of rotatable bonds is 5. The van der Waals surface area contributed by atoms with Crippen molar-refractivity contribution in [3.63, 3.8) is 0 Å². The number of hydrogen-bond acceptors (Lipinski definition) is 3. The lowest BCUT2D eigenvalue weighted by Crippen LogP contribution is -2.45. The van der Waals surface area contributed by atoms with Crippen molar-refractivity contribution in [1.29, 1.82) is 0 Å². The number of nitrogens with zero attached hydrogens (tertiary/aromatic N) is 1. The minimum Gasteiger partial charge on any atom is -0.348 e. The standard InChI is InChI=1S/C19H27N3O2.ClH/c20-13-17(14-6-2-1-3-7-14)21-19(24)15-8-4-9-16(12-15)22-11-5-10-18(22)23;/h4,8-9,12,14,17H,1-3,5-7,10-11,13,20H2,(H,21,24);1H. The molecule has 1 unspecified atom stereocenters. The molecule has 3 rings (SSSR count). The Kier molecular flexibility index (Phi) is 7.26. The van der Waals surface area contributed by atoms with E-state index in [9.17, 15) is 9.59 Å². The maximum atomic E-state index is 12.6. The lowest BCUT2D eigenvalue weighted by atomic mass is 9.84. The molecular weight excluding hydrogens is 338 g/mol. The number of carbonyl (C=O) groups excluding carboxylic acids is 2. The first-order valence-corrected chi connectivity index (χ1v) is 9.10. The van der Waals surface area contributed by atoms with Crippen LogP contribution in [0.15, 0.2) is 24.3 Å². The van der Waals surface area contributed by atoms with Gasteiger partial charge in [-0.2, -0.15) is 0 Å². The first-order chi connectivity index (χ1) is 11.7. The van der Waals surface area contributed by atoms with Crippen LogP contribution in [-0.2, 0) is 4.79 Å². The molecule has 1 saturated carbocycles. The fraction of sp³-hybridized carbons (Fsp3) is 0.579. The van der Waals surface area contributed by atoms with Gasteiger partial charge in [-0.05, 0) is 43.4 Å². The topological polar surface area (TPSA) is 75.4 Å². The number of carbonyl (C=O) groups is 2. The molecule has 2 aliphatic rings. The minimum atomic E-state index is -0.0930. The number of halogens is 1. The van der Waals surface area contributed by atoms with Crippen LogP contribution in [0.4, 0.5) is 5.69 Å². The Morgan fingerprint density at radius 3 is 2.64 bits per heavy atom. The summed E-state index contributed by atoms with van der Waals surface area (Å²) < 4.78 is 0. The van der Waals surface area contributed by atoms with Gasteiger partial charge in [-0.3, -0.25) is 9.59 Å². The SMILES string of the molecule is Cl.NCC(NC(=O)c1cccc(N2CCCC2=O)c1)C1CCCCC1. The maximum absolute atomic E-state index is 12.6. The molecule has 0 bridgehead atoms. The molecule has 2 amide bonds. The molecule has 25 heavy (non-hydrogen) atoms. The number of amides is 2. The van der Waals surface area contributed by atoms with Gasteiger partial charge in [0.1, 0.15) is 0 Å². The number of hydrogen-bond donors (Lipinski definition) is 2. The molecule has 5 nitrogen and oxygen atoms in total. The smallest absolute Gasteiger partial charge is 0.251 e. The summed E-state index contributed by atoms with van der Waals surface area (Å²) in [5, 5.41) is 3.11. The monoisotopic (exact) mass is 365 g/mol. The van der Waals surface area contributed by atoms with E-state index in [0.717, 1.165) is 31.5 Å². The van der Waals surface area contributed by atoms with Crippen LogP contribution in [0.2, 0.25) is 0 Å². The van der Waals surface area contributed by atoms with Crippen LogP contribution in [0.5, 0.6) is 0 Å². The number of nitrogens with one attached hydrogen (secondary N) is 1. The minimum absolute atomic E-state index is 0. The van der Waals surface area contributed by atoms with Crippen molar-refractivity contribution in [2.45, 2.75) is 51.0 Å². The predicted octanol–water partition coefficient (Wildman–Crippen LogP) is 2.87. The van der Waals surface area contributed by atoms with E-state index >= 15 is 0 Å². The van der Waals surface area contributed by atoms with Gasteiger partial charge in [-0.1, -0.05) is 25.3 Å². The summed E-state index contributed by atoms with van der Waals surface area (Å²) in [5.41, 5.74) is 7.32. The predicted molar refractivity (Wildman–Crippen MR) is 102 cm³/mol. The molecule has 0 spiro atoms. The van der Waals surface area contributed by atoms with Gasteiger partial charge in [0.25, 0.3) is 5.91 Å². The molecule has 3 N–H and O–H groups in total. The second-order valence-corrected chi connectivity index (χ2v) is 6.91. The van der Waals surface area contributed by atoms with Gasteiger partial charge in [-0.25, -0.2) is 0 Å². The van der Waals surface area contributed by atoms with Gasteiger partial charge >= 0.3 is 0 Å². The van der Waals surface area contributed by atoms with Gasteiger partial charge in [0.05, 0.1) is 0 Å². The summed E-state index contributed by atoms with van der Waals surface area (Å²) in [6, 6.07) is 7.38. The van der Waals surface area contributed by atoms with E-state index in [1.807, 2.05) is 18.2 Å². The third kappa shape index (κ3) is 4.73. The normalized spacial score (nSPS) is 19.4. The number of anilines is 1. The molecule has 0 aromatic heterocycles. The Labute approximate surface area is 155 Å². The summed E-state index contributed by atoms with van der Waals surface area (Å²) >= 11 is 0. The van der Waals surface area contributed by atoms with Crippen LogP contribution in [-0.4, -0.2) is 30.9 Å². The van der Waals surface area contributed by atoms with Crippen molar-refractivity contribution >= 4 is 29.9 Å². The fourth-order valence-corrected chi connectivity index (χ4v) is 3.89. The summed E-state index contributed by atoms with van der Waals surface area (Å²) in [6.07, 6.45) is 7.50. The summed E-state index contributed by atoms with van der Waals surface area (Å²) in [5.74, 6) is 0.523. The molecule has 138 valence electrons. The fourth-order valence-electron chi connectivity index (χ4n) is 3.89. The van der Waals surface area contributed by atoms with Crippen LogP contribution in [0.1, 0.15) is 55.3 Å². The molecule has 0 radical (unpaired) electrons. The highest BCUT2D eigenvalue weighted by Crippen LogP contribution is 2.27. The van der Waals surface area contributed by atoms with Crippen molar-refractivity contribution < 1.29 is 9.59 Å². The summed E-state index contributed by atoms with van der Waals surface area (Å²) in [6.45, 7) is 1.21. The molecule has 1 aliphatic carbocycles. The maximum Gasteiger partial charge on any atom is 0.251 e. The second kappa shape index (κ2) is 9.20. The van der Waals surface area contributed by atoms with Crippen molar-refractivity contribution in [1.82, 2.24) is 5.32 Å². The molecule has 1 aromatic carbocycles. The second-order valence-electron chi connectivity index (χ2n) is 6.91. The molecule has 1 aliphatic heterocycles. The Bertz CT molecular complexity index is 602. The average Bonchev–Trinajstić information content (AvgIpc) is 3.06. The Hall–Kier alpha value is -1.59. The van der Waals surface area contributed by atoms with E-state index in [1.165, 1.54) is 19.3 Å². The van der Waals surface area contributed by atoms with Gasteiger partial charge in [-0.15, -0.1) is 12.4 Å². The van der Waals surface area contributed by atoms with E-state index in [2.05, 4.69) is 5.32 Å².